The fourth-order valence-corrected chi connectivity index (χ4v) is 5.07. The summed E-state index contributed by atoms with van der Waals surface area (Å²) in [5.74, 6) is 1.60. The summed E-state index contributed by atoms with van der Waals surface area (Å²) in [6.07, 6.45) is -4.00. The Morgan fingerprint density at radius 3 is 2.47 bits per heavy atom. The van der Waals surface area contributed by atoms with Crippen molar-refractivity contribution in [2.45, 2.75) is 32.2 Å². The van der Waals surface area contributed by atoms with Gasteiger partial charge in [0.05, 0.1) is 25.0 Å². The van der Waals surface area contributed by atoms with Crippen molar-refractivity contribution in [1.82, 2.24) is 14.5 Å². The fourth-order valence-electron chi connectivity index (χ4n) is 3.75. The summed E-state index contributed by atoms with van der Waals surface area (Å²) in [4.78, 5) is 31.9. The Bertz CT molecular complexity index is 1500. The molecule has 1 aromatic carbocycles. The minimum Gasteiger partial charge on any atom is -0.486 e. The first-order chi connectivity index (χ1) is 17.2. The lowest BCUT2D eigenvalue weighted by Gasteiger charge is -2.26. The molecular weight excluding hydrogens is 499 g/mol. The first-order valence-electron chi connectivity index (χ1n) is 11.0. The van der Waals surface area contributed by atoms with Gasteiger partial charge in [0.1, 0.15) is 22.4 Å². The molecule has 4 aromatic rings. The lowest BCUT2D eigenvalue weighted by Crippen LogP contribution is -2.38. The van der Waals surface area contributed by atoms with E-state index in [0.29, 0.717) is 46.6 Å². The van der Waals surface area contributed by atoms with E-state index in [2.05, 4.69) is 9.97 Å². The monoisotopic (exact) mass is 519 g/mol. The number of pyridine rings is 1. The van der Waals surface area contributed by atoms with E-state index in [1.54, 1.807) is 49.5 Å². The normalized spacial score (nSPS) is 14.1. The van der Waals surface area contributed by atoms with Gasteiger partial charge < -0.3 is 14.2 Å². The van der Waals surface area contributed by atoms with Gasteiger partial charge in [0, 0.05) is 29.2 Å². The van der Waals surface area contributed by atoms with Crippen LogP contribution in [0.4, 0.5) is 13.2 Å². The first kappa shape index (κ1) is 24.1. The van der Waals surface area contributed by atoms with Crippen molar-refractivity contribution in [2.24, 2.45) is 0 Å². The summed E-state index contributed by atoms with van der Waals surface area (Å²) in [5.41, 5.74) is -0.311. The number of ether oxygens (including phenoxy) is 3. The van der Waals surface area contributed by atoms with Crippen molar-refractivity contribution < 1.29 is 27.4 Å². The van der Waals surface area contributed by atoms with E-state index in [1.165, 1.54) is 0 Å². The van der Waals surface area contributed by atoms with Crippen LogP contribution >= 0.6 is 11.3 Å². The number of benzene rings is 1. The summed E-state index contributed by atoms with van der Waals surface area (Å²) < 4.78 is 55.8. The highest BCUT2D eigenvalue weighted by Gasteiger charge is 2.28. The van der Waals surface area contributed by atoms with E-state index < -0.39 is 30.4 Å². The minimum atomic E-state index is -4.43. The molecular formula is C24H20F3N3O5S. The Labute approximate surface area is 205 Å². The number of alkyl halides is 3. The maximum absolute atomic E-state index is 12.8. The number of aryl methyl sites for hydroxylation is 2. The van der Waals surface area contributed by atoms with Crippen LogP contribution < -0.4 is 20.7 Å². The molecule has 1 saturated heterocycles. The Hall–Kier alpha value is -3.64. The molecule has 188 valence electrons. The van der Waals surface area contributed by atoms with Crippen LogP contribution in [0.15, 0.2) is 52.2 Å². The third-order valence-corrected chi connectivity index (χ3v) is 7.00. The number of H-pyrrole nitrogens is 1. The number of fused-ring (bicyclic) bond motifs is 1. The van der Waals surface area contributed by atoms with Crippen molar-refractivity contribution >= 4 is 21.6 Å². The Morgan fingerprint density at radius 1 is 1.14 bits per heavy atom. The van der Waals surface area contributed by atoms with Crippen molar-refractivity contribution in [1.29, 1.82) is 0 Å². The van der Waals surface area contributed by atoms with Gasteiger partial charge in [-0.3, -0.25) is 14.3 Å². The maximum Gasteiger partial charge on any atom is 0.390 e. The molecule has 1 fully saturated rings. The zero-order chi connectivity index (χ0) is 25.4. The highest BCUT2D eigenvalue weighted by Crippen LogP contribution is 2.37. The fraction of sp³-hybridized carbons (Fsp3) is 0.292. The lowest BCUT2D eigenvalue weighted by molar-refractivity contribution is -0.136. The second kappa shape index (κ2) is 9.43. The van der Waals surface area contributed by atoms with Gasteiger partial charge in [-0.1, -0.05) is 0 Å². The predicted octanol–water partition coefficient (Wildman–Crippen LogP) is 4.64. The van der Waals surface area contributed by atoms with Crippen LogP contribution in [0.5, 0.6) is 17.4 Å². The van der Waals surface area contributed by atoms with E-state index >= 15 is 0 Å². The highest BCUT2D eigenvalue weighted by molar-refractivity contribution is 7.22. The van der Waals surface area contributed by atoms with Gasteiger partial charge in [-0.25, -0.2) is 9.78 Å². The van der Waals surface area contributed by atoms with Gasteiger partial charge in [0.25, 0.3) is 5.56 Å². The molecule has 0 unspecified atom stereocenters. The molecule has 4 heterocycles. The van der Waals surface area contributed by atoms with Gasteiger partial charge in [0.15, 0.2) is 0 Å². The summed E-state index contributed by atoms with van der Waals surface area (Å²) in [6.45, 7) is 2.26. The number of aromatic nitrogens is 3. The van der Waals surface area contributed by atoms with Gasteiger partial charge in [0.2, 0.25) is 5.88 Å². The van der Waals surface area contributed by atoms with E-state index in [-0.39, 0.29) is 16.3 Å². The van der Waals surface area contributed by atoms with E-state index in [0.717, 1.165) is 15.9 Å². The Balaban J connectivity index is 1.38. The molecule has 0 aliphatic carbocycles. The molecule has 1 aliphatic rings. The van der Waals surface area contributed by atoms with Gasteiger partial charge in [-0.2, -0.15) is 13.2 Å². The third kappa shape index (κ3) is 5.00. The van der Waals surface area contributed by atoms with E-state index in [4.69, 9.17) is 14.2 Å². The SMILES string of the molecule is Cc1c(-c2ccc(Oc3ccc(OC4COC4)cc3)nc2)sc2c1c(=O)[nH]c(=O)n2CCC(F)(F)F. The summed E-state index contributed by atoms with van der Waals surface area (Å²) >= 11 is 1.08. The minimum absolute atomic E-state index is 0.0678. The number of aromatic amines is 1. The van der Waals surface area contributed by atoms with Crippen LogP contribution in [0.1, 0.15) is 12.0 Å². The third-order valence-electron chi connectivity index (χ3n) is 5.64. The molecule has 0 atom stereocenters. The van der Waals surface area contributed by atoms with E-state index in [9.17, 15) is 22.8 Å². The molecule has 36 heavy (non-hydrogen) atoms. The number of rotatable bonds is 7. The highest BCUT2D eigenvalue weighted by atomic mass is 32.1. The first-order valence-corrected chi connectivity index (χ1v) is 11.8. The Morgan fingerprint density at radius 2 is 1.86 bits per heavy atom. The number of hydrogen-bond acceptors (Lipinski definition) is 7. The molecule has 0 radical (unpaired) electrons. The molecule has 0 amide bonds. The topological polar surface area (TPSA) is 95.4 Å². The zero-order valence-corrected chi connectivity index (χ0v) is 19.7. The molecule has 12 heteroatoms. The second-order valence-corrected chi connectivity index (χ2v) is 9.25. The van der Waals surface area contributed by atoms with Gasteiger partial charge >= 0.3 is 11.9 Å². The summed E-state index contributed by atoms with van der Waals surface area (Å²) in [7, 11) is 0. The molecule has 1 aliphatic heterocycles. The number of nitrogens with zero attached hydrogens (tertiary/aromatic N) is 2. The van der Waals surface area contributed by atoms with Gasteiger partial charge in [-0.15, -0.1) is 11.3 Å². The summed E-state index contributed by atoms with van der Waals surface area (Å²) in [5, 5.41) is 0.188. The average Bonchev–Trinajstić information content (AvgIpc) is 3.14. The van der Waals surface area contributed by atoms with Crippen molar-refractivity contribution in [3.63, 3.8) is 0 Å². The quantitative estimate of drug-likeness (QED) is 0.382. The van der Waals surface area contributed by atoms with Crippen LogP contribution in [0.25, 0.3) is 20.7 Å². The predicted molar refractivity (Wildman–Crippen MR) is 127 cm³/mol. The number of halogens is 3. The van der Waals surface area contributed by atoms with Crippen molar-refractivity contribution in [2.75, 3.05) is 13.2 Å². The molecule has 0 spiro atoms. The van der Waals surface area contributed by atoms with Gasteiger partial charge in [-0.05, 0) is 42.8 Å². The second-order valence-electron chi connectivity index (χ2n) is 8.25. The van der Waals surface area contributed by atoms with Crippen LogP contribution in [0.3, 0.4) is 0 Å². The Kier molecular flexibility index (Phi) is 6.31. The maximum atomic E-state index is 12.8. The lowest BCUT2D eigenvalue weighted by atomic mass is 10.1. The average molecular weight is 520 g/mol. The number of thiophene rings is 1. The molecule has 0 bridgehead atoms. The van der Waals surface area contributed by atoms with Crippen molar-refractivity contribution in [3.8, 4) is 27.8 Å². The molecule has 1 N–H and O–H groups in total. The largest absolute Gasteiger partial charge is 0.486 e. The molecule has 8 nitrogen and oxygen atoms in total. The summed E-state index contributed by atoms with van der Waals surface area (Å²) in [6, 6.07) is 10.5. The molecule has 0 saturated carbocycles. The van der Waals surface area contributed by atoms with Crippen LogP contribution in [-0.2, 0) is 11.3 Å². The number of hydrogen-bond donors (Lipinski definition) is 1. The van der Waals surface area contributed by atoms with Crippen LogP contribution in [-0.4, -0.2) is 40.0 Å². The molecule has 3 aromatic heterocycles. The van der Waals surface area contributed by atoms with Crippen LogP contribution in [0, 0.1) is 6.92 Å². The van der Waals surface area contributed by atoms with E-state index in [1.807, 2.05) is 0 Å². The molecule has 5 rings (SSSR count). The number of nitrogens with one attached hydrogen (secondary N) is 1. The van der Waals surface area contributed by atoms with Crippen LogP contribution in [0.2, 0.25) is 0 Å². The van der Waals surface area contributed by atoms with Crippen molar-refractivity contribution in [3.05, 3.63) is 69.0 Å². The zero-order valence-electron chi connectivity index (χ0n) is 18.9. The standard InChI is InChI=1S/C24H20F3N3O5S/c1-13-19-21(31)29-23(32)30(9-8-24(25,26)27)22(19)36-20(13)14-2-7-18(28-10-14)35-16-5-3-15(4-6-16)34-17-11-33-12-17/h2-7,10,17H,8-9,11-12H2,1H3,(H,29,31,32). The smallest absolute Gasteiger partial charge is 0.390 e.